The number of aliphatic hydroxyl groups excluding tert-OH is 1. The number of hydrogen-bond donors (Lipinski definition) is 3. The number of carbonyl (C=O) groups excluding carboxylic acids is 1. The fraction of sp³-hybridized carbons (Fsp3) is 0.278. The highest BCUT2D eigenvalue weighted by molar-refractivity contribution is 7.92. The van der Waals surface area contributed by atoms with Gasteiger partial charge in [0.2, 0.25) is 15.4 Å². The number of alkyl halides is 3. The first kappa shape index (κ1) is 26.1. The van der Waals surface area contributed by atoms with E-state index in [1.165, 1.54) is 0 Å². The van der Waals surface area contributed by atoms with Gasteiger partial charge in [-0.1, -0.05) is 11.6 Å². The number of sulfone groups is 2. The van der Waals surface area contributed by atoms with Crippen LogP contribution in [0.3, 0.4) is 0 Å². The zero-order valence-electron chi connectivity index (χ0n) is 16.2. The molecule has 0 saturated carbocycles. The van der Waals surface area contributed by atoms with E-state index in [-0.39, 0.29) is 27.3 Å². The molecule has 1 unspecified atom stereocenters. The summed E-state index contributed by atoms with van der Waals surface area (Å²) in [5.74, 6) is -2.36. The maximum atomic E-state index is 12.8. The van der Waals surface area contributed by atoms with Gasteiger partial charge in [-0.2, -0.15) is 13.2 Å². The van der Waals surface area contributed by atoms with Crippen LogP contribution < -0.4 is 5.32 Å². The Balaban J connectivity index is 2.33. The molecule has 0 bridgehead atoms. The third-order valence-electron chi connectivity index (χ3n) is 4.35. The summed E-state index contributed by atoms with van der Waals surface area (Å²) in [5.41, 5.74) is -4.08. The molecule has 0 aliphatic heterocycles. The van der Waals surface area contributed by atoms with Crippen LogP contribution in [0.25, 0.3) is 0 Å². The summed E-state index contributed by atoms with van der Waals surface area (Å²) in [7, 11) is -7.99. The van der Waals surface area contributed by atoms with Crippen molar-refractivity contribution in [2.75, 3.05) is 17.7 Å². The second kappa shape index (κ2) is 8.98. The summed E-state index contributed by atoms with van der Waals surface area (Å²) >= 11 is 5.91. The number of anilines is 1. The van der Waals surface area contributed by atoms with Crippen LogP contribution >= 0.6 is 11.6 Å². The van der Waals surface area contributed by atoms with E-state index >= 15 is 0 Å². The summed E-state index contributed by atoms with van der Waals surface area (Å²) in [6, 6.07) is 6.95. The SMILES string of the molecule is CC(O)(C(=O)Nc1ccc(S(=O)(=O)c2ccc(S(=O)(=O)CCO)cc2)cc1Cl)C(F)(F)F. The first-order valence-electron chi connectivity index (χ1n) is 8.63. The molecule has 3 N–H and O–H groups in total. The van der Waals surface area contributed by atoms with E-state index in [1.807, 2.05) is 0 Å². The lowest BCUT2D eigenvalue weighted by atomic mass is 10.1. The second-order valence-electron chi connectivity index (χ2n) is 6.68. The molecule has 0 heterocycles. The van der Waals surface area contributed by atoms with Gasteiger partial charge in [-0.3, -0.25) is 4.79 Å². The van der Waals surface area contributed by atoms with Gasteiger partial charge in [0.15, 0.2) is 9.84 Å². The molecule has 32 heavy (non-hydrogen) atoms. The summed E-state index contributed by atoms with van der Waals surface area (Å²) in [6.45, 7) is -0.359. The van der Waals surface area contributed by atoms with Gasteiger partial charge in [0.1, 0.15) is 0 Å². The van der Waals surface area contributed by atoms with Crippen LogP contribution in [0.15, 0.2) is 57.2 Å². The van der Waals surface area contributed by atoms with Crippen molar-refractivity contribution in [3.8, 4) is 0 Å². The van der Waals surface area contributed by atoms with Gasteiger partial charge in [0.05, 0.1) is 37.8 Å². The zero-order valence-corrected chi connectivity index (χ0v) is 18.6. The van der Waals surface area contributed by atoms with E-state index in [0.717, 1.165) is 42.5 Å². The third kappa shape index (κ3) is 5.23. The minimum atomic E-state index is -5.26. The molecule has 0 aliphatic rings. The highest BCUT2D eigenvalue weighted by Gasteiger charge is 2.55. The molecule has 2 aromatic carbocycles. The molecule has 2 aromatic rings. The number of nitrogens with one attached hydrogen (secondary N) is 1. The van der Waals surface area contributed by atoms with Gasteiger partial charge in [-0.15, -0.1) is 0 Å². The Morgan fingerprint density at radius 3 is 1.97 bits per heavy atom. The van der Waals surface area contributed by atoms with Crippen molar-refractivity contribution in [3.63, 3.8) is 0 Å². The van der Waals surface area contributed by atoms with Crippen molar-refractivity contribution in [1.29, 1.82) is 0 Å². The Morgan fingerprint density at radius 2 is 1.50 bits per heavy atom. The van der Waals surface area contributed by atoms with Crippen LogP contribution in [0, 0.1) is 0 Å². The lowest BCUT2D eigenvalue weighted by molar-refractivity contribution is -0.242. The smallest absolute Gasteiger partial charge is 0.395 e. The highest BCUT2D eigenvalue weighted by atomic mass is 35.5. The van der Waals surface area contributed by atoms with Crippen molar-refractivity contribution in [2.24, 2.45) is 0 Å². The Bertz CT molecular complexity index is 1230. The van der Waals surface area contributed by atoms with Crippen LogP contribution in [0.5, 0.6) is 0 Å². The lowest BCUT2D eigenvalue weighted by Gasteiger charge is -2.25. The Morgan fingerprint density at radius 1 is 1.00 bits per heavy atom. The van der Waals surface area contributed by atoms with Gasteiger partial charge in [0.25, 0.3) is 5.91 Å². The molecule has 1 atom stereocenters. The number of benzene rings is 2. The molecule has 2 rings (SSSR count). The molecule has 0 fully saturated rings. The fourth-order valence-electron chi connectivity index (χ4n) is 2.34. The van der Waals surface area contributed by atoms with Gasteiger partial charge in [0, 0.05) is 0 Å². The zero-order chi connectivity index (χ0) is 24.5. The molecular formula is C18H17ClF3NO7S2. The van der Waals surface area contributed by atoms with Gasteiger partial charge >= 0.3 is 6.18 Å². The maximum Gasteiger partial charge on any atom is 0.426 e. The summed E-state index contributed by atoms with van der Waals surface area (Å²) in [5, 5.41) is 19.6. The minimum absolute atomic E-state index is 0.196. The maximum absolute atomic E-state index is 12.8. The molecule has 14 heteroatoms. The first-order valence-corrected chi connectivity index (χ1v) is 12.1. The molecule has 176 valence electrons. The average Bonchev–Trinajstić information content (AvgIpc) is 2.68. The van der Waals surface area contributed by atoms with E-state index in [4.69, 9.17) is 16.7 Å². The summed E-state index contributed by atoms with van der Waals surface area (Å²) < 4.78 is 87.7. The van der Waals surface area contributed by atoms with Crippen LogP contribution in [0.1, 0.15) is 6.92 Å². The van der Waals surface area contributed by atoms with Gasteiger partial charge in [-0.25, -0.2) is 16.8 Å². The Kier molecular flexibility index (Phi) is 7.32. The number of rotatable bonds is 7. The summed E-state index contributed by atoms with van der Waals surface area (Å²) in [6.07, 6.45) is -5.26. The Hall–Kier alpha value is -2.19. The molecule has 0 aliphatic carbocycles. The van der Waals surface area contributed by atoms with Crippen molar-refractivity contribution in [3.05, 3.63) is 47.5 Å². The van der Waals surface area contributed by atoms with Crippen molar-refractivity contribution in [2.45, 2.75) is 33.4 Å². The number of aliphatic hydroxyl groups is 2. The standard InChI is InChI=1S/C18H17ClF3NO7S2/c1-17(26,18(20,21)22)16(25)23-15-7-6-13(10-14(15)19)32(29,30)12-4-2-11(3-5-12)31(27,28)9-8-24/h2-7,10,24,26H,8-9H2,1H3,(H,23,25). The second-order valence-corrected chi connectivity index (χ2v) is 11.1. The normalized spacial score (nSPS) is 14.6. The monoisotopic (exact) mass is 515 g/mol. The quantitative estimate of drug-likeness (QED) is 0.514. The molecule has 0 saturated heterocycles. The lowest BCUT2D eigenvalue weighted by Crippen LogP contribution is -2.52. The first-order chi connectivity index (χ1) is 14.5. The van der Waals surface area contributed by atoms with Crippen molar-refractivity contribution in [1.82, 2.24) is 0 Å². The number of hydrogen-bond acceptors (Lipinski definition) is 7. The minimum Gasteiger partial charge on any atom is -0.395 e. The number of amides is 1. The molecule has 0 aromatic heterocycles. The van der Waals surface area contributed by atoms with E-state index in [2.05, 4.69) is 0 Å². The third-order valence-corrected chi connectivity index (χ3v) is 8.14. The van der Waals surface area contributed by atoms with Crippen molar-refractivity contribution < 1.29 is 45.0 Å². The largest absolute Gasteiger partial charge is 0.426 e. The number of carbonyl (C=O) groups is 1. The fourth-order valence-corrected chi connectivity index (χ4v) is 4.94. The molecule has 0 spiro atoms. The number of halogens is 4. The molecule has 8 nitrogen and oxygen atoms in total. The van der Waals surface area contributed by atoms with Crippen LogP contribution in [0.4, 0.5) is 18.9 Å². The van der Waals surface area contributed by atoms with E-state index in [0.29, 0.717) is 0 Å². The average molecular weight is 516 g/mol. The van der Waals surface area contributed by atoms with E-state index < -0.39 is 54.7 Å². The topological polar surface area (TPSA) is 138 Å². The van der Waals surface area contributed by atoms with Gasteiger partial charge in [-0.05, 0) is 49.4 Å². The van der Waals surface area contributed by atoms with E-state index in [1.54, 1.807) is 5.32 Å². The predicted octanol–water partition coefficient (Wildman–Crippen LogP) is 2.19. The van der Waals surface area contributed by atoms with Crippen LogP contribution in [-0.4, -0.2) is 57.1 Å². The van der Waals surface area contributed by atoms with Crippen LogP contribution in [0.2, 0.25) is 5.02 Å². The Labute approximate surface area is 186 Å². The highest BCUT2D eigenvalue weighted by Crippen LogP contribution is 2.33. The molecular weight excluding hydrogens is 499 g/mol. The summed E-state index contributed by atoms with van der Waals surface area (Å²) in [4.78, 5) is 10.9. The van der Waals surface area contributed by atoms with Crippen LogP contribution in [-0.2, 0) is 24.5 Å². The molecule has 0 radical (unpaired) electrons. The molecule has 1 amide bonds. The van der Waals surface area contributed by atoms with Gasteiger partial charge < -0.3 is 15.5 Å². The van der Waals surface area contributed by atoms with E-state index in [9.17, 15) is 39.9 Å². The van der Waals surface area contributed by atoms with Crippen molar-refractivity contribution >= 4 is 42.9 Å². The predicted molar refractivity (Wildman–Crippen MR) is 108 cm³/mol.